The Hall–Kier alpha value is -0.220. The maximum absolute atomic E-state index is 10.8. The third kappa shape index (κ3) is 2.88. The molecule has 1 saturated heterocycles. The van der Waals surface area contributed by atoms with Crippen molar-refractivity contribution >= 4 is 17.7 Å². The van der Waals surface area contributed by atoms with Crippen molar-refractivity contribution in [1.29, 1.82) is 0 Å². The van der Waals surface area contributed by atoms with Crippen LogP contribution in [-0.4, -0.2) is 45.6 Å². The molecule has 0 aromatic heterocycles. The second-order valence-corrected chi connectivity index (χ2v) is 5.89. The molecule has 3 nitrogen and oxygen atoms in total. The topological polar surface area (TPSA) is 40.5 Å². The van der Waals surface area contributed by atoms with Gasteiger partial charge in [-0.3, -0.25) is 9.69 Å². The van der Waals surface area contributed by atoms with Crippen molar-refractivity contribution in [3.05, 3.63) is 0 Å². The first-order valence-corrected chi connectivity index (χ1v) is 5.52. The average molecular weight is 203 g/mol. The summed E-state index contributed by atoms with van der Waals surface area (Å²) in [6.07, 6.45) is 0. The van der Waals surface area contributed by atoms with Crippen molar-refractivity contribution in [2.24, 2.45) is 0 Å². The molecule has 4 heteroatoms. The number of hydrogen-bond acceptors (Lipinski definition) is 3. The molecule has 1 atom stereocenters. The van der Waals surface area contributed by atoms with E-state index in [0.717, 1.165) is 18.8 Å². The molecule has 1 fully saturated rings. The molecular weight excluding hydrogens is 186 g/mol. The van der Waals surface area contributed by atoms with Gasteiger partial charge < -0.3 is 5.11 Å². The van der Waals surface area contributed by atoms with Gasteiger partial charge in [0.05, 0.1) is 0 Å². The zero-order valence-electron chi connectivity index (χ0n) is 8.41. The van der Waals surface area contributed by atoms with Crippen molar-refractivity contribution in [1.82, 2.24) is 4.90 Å². The van der Waals surface area contributed by atoms with E-state index in [1.165, 1.54) is 0 Å². The van der Waals surface area contributed by atoms with Crippen LogP contribution in [0, 0.1) is 0 Å². The largest absolute Gasteiger partial charge is 0.480 e. The van der Waals surface area contributed by atoms with E-state index in [1.54, 1.807) is 6.92 Å². The van der Waals surface area contributed by atoms with Gasteiger partial charge in [0.1, 0.15) is 6.04 Å². The molecule has 1 rings (SSSR count). The minimum atomic E-state index is -0.720. The summed E-state index contributed by atoms with van der Waals surface area (Å²) in [5.74, 6) is 0.313. The van der Waals surface area contributed by atoms with E-state index in [4.69, 9.17) is 5.11 Å². The highest BCUT2D eigenvalue weighted by Crippen LogP contribution is 2.30. The van der Waals surface area contributed by atoms with Gasteiger partial charge in [-0.2, -0.15) is 11.8 Å². The van der Waals surface area contributed by atoms with Crippen LogP contribution in [0.2, 0.25) is 0 Å². The summed E-state index contributed by atoms with van der Waals surface area (Å²) in [6, 6.07) is -0.347. The number of aliphatic carboxylic acids is 1. The van der Waals surface area contributed by atoms with E-state index in [2.05, 4.69) is 13.8 Å². The quantitative estimate of drug-likeness (QED) is 0.734. The van der Waals surface area contributed by atoms with Gasteiger partial charge in [-0.1, -0.05) is 0 Å². The molecule has 13 heavy (non-hydrogen) atoms. The summed E-state index contributed by atoms with van der Waals surface area (Å²) in [5.41, 5.74) is 0. The molecule has 1 aliphatic rings. The number of rotatable bonds is 2. The molecule has 1 heterocycles. The summed E-state index contributed by atoms with van der Waals surface area (Å²) in [7, 11) is 0. The van der Waals surface area contributed by atoms with Crippen molar-refractivity contribution in [3.63, 3.8) is 0 Å². The SMILES string of the molecule is CC(C(=O)O)N1CCSC(C)(C)C1. The van der Waals surface area contributed by atoms with E-state index in [1.807, 2.05) is 16.7 Å². The minimum Gasteiger partial charge on any atom is -0.480 e. The van der Waals surface area contributed by atoms with Crippen LogP contribution in [0.1, 0.15) is 20.8 Å². The van der Waals surface area contributed by atoms with E-state index < -0.39 is 5.97 Å². The third-order valence-electron chi connectivity index (χ3n) is 2.36. The summed E-state index contributed by atoms with van der Waals surface area (Å²) in [4.78, 5) is 12.8. The molecule has 0 aliphatic carbocycles. The van der Waals surface area contributed by atoms with Crippen LogP contribution in [0.3, 0.4) is 0 Å². The lowest BCUT2D eigenvalue weighted by Gasteiger charge is -2.39. The third-order valence-corrected chi connectivity index (χ3v) is 3.66. The number of carbonyl (C=O) groups is 1. The van der Waals surface area contributed by atoms with Gasteiger partial charge in [-0.15, -0.1) is 0 Å². The van der Waals surface area contributed by atoms with Crippen molar-refractivity contribution in [3.8, 4) is 0 Å². The number of hydrogen-bond donors (Lipinski definition) is 1. The fourth-order valence-electron chi connectivity index (χ4n) is 1.54. The number of nitrogens with zero attached hydrogens (tertiary/aromatic N) is 1. The Bertz CT molecular complexity index is 206. The summed E-state index contributed by atoms with van der Waals surface area (Å²) < 4.78 is 0.196. The van der Waals surface area contributed by atoms with Crippen LogP contribution in [0.15, 0.2) is 0 Å². The highest BCUT2D eigenvalue weighted by molar-refractivity contribution is 8.00. The Kier molecular flexibility index (Phi) is 3.24. The van der Waals surface area contributed by atoms with Crippen LogP contribution >= 0.6 is 11.8 Å². The number of carboxylic acids is 1. The average Bonchev–Trinajstić information content (AvgIpc) is 2.01. The Labute approximate surface area is 83.5 Å². The maximum atomic E-state index is 10.8. The first-order valence-electron chi connectivity index (χ1n) is 4.53. The molecule has 1 unspecified atom stereocenters. The van der Waals surface area contributed by atoms with E-state index in [0.29, 0.717) is 0 Å². The van der Waals surface area contributed by atoms with Crippen LogP contribution in [0.25, 0.3) is 0 Å². The number of thioether (sulfide) groups is 1. The molecule has 0 saturated carbocycles. The Balaban J connectivity index is 2.56. The van der Waals surface area contributed by atoms with Crippen LogP contribution < -0.4 is 0 Å². The van der Waals surface area contributed by atoms with Gasteiger partial charge in [0.2, 0.25) is 0 Å². The molecular formula is C9H17NO2S. The zero-order valence-corrected chi connectivity index (χ0v) is 9.23. The molecule has 0 amide bonds. The lowest BCUT2D eigenvalue weighted by molar-refractivity contribution is -0.142. The fraction of sp³-hybridized carbons (Fsp3) is 0.889. The highest BCUT2D eigenvalue weighted by Gasteiger charge is 2.31. The van der Waals surface area contributed by atoms with Crippen molar-refractivity contribution < 1.29 is 9.90 Å². The lowest BCUT2D eigenvalue weighted by Crippen LogP contribution is -2.49. The smallest absolute Gasteiger partial charge is 0.320 e. The summed E-state index contributed by atoms with van der Waals surface area (Å²) in [5, 5.41) is 8.86. The van der Waals surface area contributed by atoms with Crippen LogP contribution in [0.5, 0.6) is 0 Å². The fourth-order valence-corrected chi connectivity index (χ4v) is 2.68. The van der Waals surface area contributed by atoms with Crippen molar-refractivity contribution in [2.45, 2.75) is 31.6 Å². The first kappa shape index (κ1) is 10.9. The standard InChI is InChI=1S/C9H17NO2S/c1-7(8(11)12)10-4-5-13-9(2,3)6-10/h7H,4-6H2,1-3H3,(H,11,12). The maximum Gasteiger partial charge on any atom is 0.320 e. The monoisotopic (exact) mass is 203 g/mol. The van der Waals surface area contributed by atoms with Gasteiger partial charge >= 0.3 is 5.97 Å². The highest BCUT2D eigenvalue weighted by atomic mass is 32.2. The zero-order chi connectivity index (χ0) is 10.1. The van der Waals surface area contributed by atoms with Gasteiger partial charge in [0.15, 0.2) is 0 Å². The lowest BCUT2D eigenvalue weighted by atomic mass is 10.1. The first-order chi connectivity index (χ1) is 5.92. The molecule has 0 radical (unpaired) electrons. The predicted molar refractivity (Wildman–Crippen MR) is 55.2 cm³/mol. The van der Waals surface area contributed by atoms with Gasteiger partial charge in [0.25, 0.3) is 0 Å². The van der Waals surface area contributed by atoms with Gasteiger partial charge in [-0.25, -0.2) is 0 Å². The van der Waals surface area contributed by atoms with Gasteiger partial charge in [-0.05, 0) is 20.8 Å². The van der Waals surface area contributed by atoms with Crippen LogP contribution in [-0.2, 0) is 4.79 Å². The summed E-state index contributed by atoms with van der Waals surface area (Å²) in [6.45, 7) is 7.85. The molecule has 1 aliphatic heterocycles. The molecule has 0 aromatic rings. The Morgan fingerprint density at radius 2 is 2.23 bits per heavy atom. The van der Waals surface area contributed by atoms with Crippen LogP contribution in [0.4, 0.5) is 0 Å². The van der Waals surface area contributed by atoms with Gasteiger partial charge in [0, 0.05) is 23.6 Å². The molecule has 0 bridgehead atoms. The Morgan fingerprint density at radius 3 is 2.69 bits per heavy atom. The number of carboxylic acid groups (broad SMARTS) is 1. The predicted octanol–water partition coefficient (Wildman–Crippen LogP) is 1.29. The second kappa shape index (κ2) is 3.88. The molecule has 1 N–H and O–H groups in total. The van der Waals surface area contributed by atoms with E-state index in [-0.39, 0.29) is 10.8 Å². The molecule has 76 valence electrons. The van der Waals surface area contributed by atoms with Crippen molar-refractivity contribution in [2.75, 3.05) is 18.8 Å². The van der Waals surface area contributed by atoms with E-state index in [9.17, 15) is 4.79 Å². The molecule has 0 spiro atoms. The van der Waals surface area contributed by atoms with E-state index >= 15 is 0 Å². The summed E-state index contributed by atoms with van der Waals surface area (Å²) >= 11 is 1.92. The molecule has 0 aromatic carbocycles. The Morgan fingerprint density at radius 1 is 1.62 bits per heavy atom. The second-order valence-electron chi connectivity index (χ2n) is 4.09. The normalized spacial score (nSPS) is 25.5. The minimum absolute atomic E-state index is 0.196.